The first kappa shape index (κ1) is 22.4. The van der Waals surface area contributed by atoms with Gasteiger partial charge in [-0.15, -0.1) is 24.8 Å². The SMILES string of the molecule is CCCn1nccc1NC(=O)CN1C[C@@H](N)[C@H](c2ccccc2)C1.Cl.Cl. The van der Waals surface area contributed by atoms with Crippen molar-refractivity contribution in [2.75, 3.05) is 25.0 Å². The Morgan fingerprint density at radius 3 is 2.65 bits per heavy atom. The van der Waals surface area contributed by atoms with Crippen molar-refractivity contribution in [1.29, 1.82) is 0 Å². The number of benzene rings is 1. The molecule has 1 aromatic carbocycles. The molecule has 1 fully saturated rings. The highest BCUT2D eigenvalue weighted by atomic mass is 35.5. The molecule has 0 bridgehead atoms. The van der Waals surface area contributed by atoms with E-state index in [0.717, 1.165) is 31.9 Å². The molecule has 3 N–H and O–H groups in total. The van der Waals surface area contributed by atoms with Crippen molar-refractivity contribution in [1.82, 2.24) is 14.7 Å². The summed E-state index contributed by atoms with van der Waals surface area (Å²) in [5, 5.41) is 7.17. The Balaban J connectivity index is 0.00000169. The number of hydrogen-bond acceptors (Lipinski definition) is 4. The van der Waals surface area contributed by atoms with Crippen molar-refractivity contribution >= 4 is 36.5 Å². The lowest BCUT2D eigenvalue weighted by atomic mass is 9.95. The summed E-state index contributed by atoms with van der Waals surface area (Å²) in [6.45, 7) is 4.79. The van der Waals surface area contributed by atoms with Crippen molar-refractivity contribution < 1.29 is 4.79 Å². The number of likely N-dealkylation sites (tertiary alicyclic amines) is 1. The molecule has 2 aromatic rings. The molecule has 2 atom stereocenters. The summed E-state index contributed by atoms with van der Waals surface area (Å²) in [4.78, 5) is 14.5. The van der Waals surface area contributed by atoms with Gasteiger partial charge in [-0.1, -0.05) is 37.3 Å². The molecule has 1 amide bonds. The fourth-order valence-corrected chi connectivity index (χ4v) is 3.31. The summed E-state index contributed by atoms with van der Waals surface area (Å²) in [7, 11) is 0. The van der Waals surface area contributed by atoms with Crippen molar-refractivity contribution in [3.8, 4) is 0 Å². The molecule has 0 unspecified atom stereocenters. The van der Waals surface area contributed by atoms with E-state index < -0.39 is 0 Å². The predicted octanol–water partition coefficient (Wildman–Crippen LogP) is 2.50. The maximum Gasteiger partial charge on any atom is 0.239 e. The zero-order valence-electron chi connectivity index (χ0n) is 14.9. The summed E-state index contributed by atoms with van der Waals surface area (Å²) < 4.78 is 1.82. The number of nitrogens with zero attached hydrogens (tertiary/aromatic N) is 3. The number of aromatic nitrogens is 2. The number of rotatable bonds is 6. The van der Waals surface area contributed by atoms with Gasteiger partial charge >= 0.3 is 0 Å². The molecule has 0 radical (unpaired) electrons. The van der Waals surface area contributed by atoms with E-state index in [1.165, 1.54) is 5.56 Å². The third-order valence-corrected chi connectivity index (χ3v) is 4.46. The molecule has 3 rings (SSSR count). The van der Waals surface area contributed by atoms with Crippen LogP contribution in [-0.2, 0) is 11.3 Å². The van der Waals surface area contributed by atoms with Crippen LogP contribution in [0.3, 0.4) is 0 Å². The van der Waals surface area contributed by atoms with Crippen LogP contribution < -0.4 is 11.1 Å². The van der Waals surface area contributed by atoms with Gasteiger partial charge in [-0.2, -0.15) is 5.10 Å². The number of carbonyl (C=O) groups excluding carboxylic acids is 1. The van der Waals surface area contributed by atoms with Crippen LogP contribution in [0.15, 0.2) is 42.6 Å². The van der Waals surface area contributed by atoms with Gasteiger partial charge in [0.25, 0.3) is 0 Å². The Morgan fingerprint density at radius 2 is 1.96 bits per heavy atom. The van der Waals surface area contributed by atoms with Crippen LogP contribution in [0.1, 0.15) is 24.8 Å². The highest BCUT2D eigenvalue weighted by molar-refractivity contribution is 5.91. The molecule has 1 aliphatic rings. The summed E-state index contributed by atoms with van der Waals surface area (Å²) in [5.41, 5.74) is 7.53. The molecular formula is C18H27Cl2N5O. The van der Waals surface area contributed by atoms with E-state index in [1.807, 2.05) is 28.9 Å². The van der Waals surface area contributed by atoms with E-state index >= 15 is 0 Å². The largest absolute Gasteiger partial charge is 0.326 e. The Hall–Kier alpha value is -1.60. The fourth-order valence-electron chi connectivity index (χ4n) is 3.31. The number of halogens is 2. The van der Waals surface area contributed by atoms with Crippen LogP contribution in [0.5, 0.6) is 0 Å². The Kier molecular flexibility index (Phi) is 9.08. The van der Waals surface area contributed by atoms with Crippen LogP contribution in [0.4, 0.5) is 5.82 Å². The van der Waals surface area contributed by atoms with Gasteiger partial charge in [0.05, 0.1) is 12.7 Å². The molecule has 6 nitrogen and oxygen atoms in total. The molecule has 8 heteroatoms. The first-order valence-corrected chi connectivity index (χ1v) is 8.52. The van der Waals surface area contributed by atoms with Gasteiger partial charge in [-0.25, -0.2) is 4.68 Å². The molecule has 0 saturated carbocycles. The number of anilines is 1. The molecule has 26 heavy (non-hydrogen) atoms. The van der Waals surface area contributed by atoms with E-state index in [9.17, 15) is 4.79 Å². The second kappa shape index (κ2) is 10.5. The van der Waals surface area contributed by atoms with Crippen LogP contribution in [0.2, 0.25) is 0 Å². The van der Waals surface area contributed by atoms with Crippen LogP contribution in [0, 0.1) is 0 Å². The first-order chi connectivity index (χ1) is 11.7. The molecule has 0 spiro atoms. The highest BCUT2D eigenvalue weighted by Gasteiger charge is 2.32. The van der Waals surface area contributed by atoms with Crippen molar-refractivity contribution in [2.24, 2.45) is 5.73 Å². The topological polar surface area (TPSA) is 76.2 Å². The minimum Gasteiger partial charge on any atom is -0.326 e. The lowest BCUT2D eigenvalue weighted by molar-refractivity contribution is -0.117. The number of nitrogens with two attached hydrogens (primary N) is 1. The quantitative estimate of drug-likeness (QED) is 0.781. The van der Waals surface area contributed by atoms with E-state index in [4.69, 9.17) is 5.73 Å². The Morgan fingerprint density at radius 1 is 1.23 bits per heavy atom. The summed E-state index contributed by atoms with van der Waals surface area (Å²) in [6.07, 6.45) is 2.69. The Labute approximate surface area is 166 Å². The number of nitrogens with one attached hydrogen (secondary N) is 1. The van der Waals surface area contributed by atoms with Crippen LogP contribution in [0.25, 0.3) is 0 Å². The van der Waals surface area contributed by atoms with Crippen molar-refractivity contribution in [2.45, 2.75) is 31.8 Å². The van der Waals surface area contributed by atoms with Gasteiger partial charge in [0.1, 0.15) is 5.82 Å². The normalized spacial score (nSPS) is 19.5. The van der Waals surface area contributed by atoms with Crippen molar-refractivity contribution in [3.63, 3.8) is 0 Å². The first-order valence-electron chi connectivity index (χ1n) is 8.52. The summed E-state index contributed by atoms with van der Waals surface area (Å²) in [5.74, 6) is 1.02. The maximum atomic E-state index is 12.3. The summed E-state index contributed by atoms with van der Waals surface area (Å²) >= 11 is 0. The molecule has 1 saturated heterocycles. The molecule has 1 aromatic heterocycles. The van der Waals surface area contributed by atoms with Gasteiger partial charge < -0.3 is 11.1 Å². The number of aryl methyl sites for hydroxylation is 1. The van der Waals surface area contributed by atoms with Gasteiger partial charge in [0.15, 0.2) is 0 Å². The third kappa shape index (κ3) is 5.45. The third-order valence-electron chi connectivity index (χ3n) is 4.46. The van der Waals surface area contributed by atoms with Crippen LogP contribution >= 0.6 is 24.8 Å². The minimum absolute atomic E-state index is 0. The van der Waals surface area contributed by atoms with Gasteiger partial charge in [0.2, 0.25) is 5.91 Å². The lowest BCUT2D eigenvalue weighted by Crippen LogP contribution is -2.34. The average Bonchev–Trinajstić information content (AvgIpc) is 3.15. The Bertz CT molecular complexity index is 679. The molecule has 144 valence electrons. The lowest BCUT2D eigenvalue weighted by Gasteiger charge is -2.16. The van der Waals surface area contributed by atoms with E-state index in [0.29, 0.717) is 6.54 Å². The summed E-state index contributed by atoms with van der Waals surface area (Å²) in [6, 6.07) is 12.2. The van der Waals surface area contributed by atoms with E-state index in [2.05, 4.69) is 34.4 Å². The van der Waals surface area contributed by atoms with E-state index in [1.54, 1.807) is 6.20 Å². The number of carbonyl (C=O) groups is 1. The monoisotopic (exact) mass is 399 g/mol. The van der Waals surface area contributed by atoms with Gasteiger partial charge in [-0.05, 0) is 12.0 Å². The molecule has 2 heterocycles. The fraction of sp³-hybridized carbons (Fsp3) is 0.444. The van der Waals surface area contributed by atoms with Gasteiger partial charge in [0, 0.05) is 37.7 Å². The predicted molar refractivity (Wildman–Crippen MR) is 109 cm³/mol. The molecule has 0 aliphatic carbocycles. The van der Waals surface area contributed by atoms with E-state index in [-0.39, 0.29) is 42.7 Å². The second-order valence-electron chi connectivity index (χ2n) is 6.36. The minimum atomic E-state index is -0.0197. The zero-order valence-corrected chi connectivity index (χ0v) is 16.5. The number of amides is 1. The second-order valence-corrected chi connectivity index (χ2v) is 6.36. The van der Waals surface area contributed by atoms with Gasteiger partial charge in [-0.3, -0.25) is 9.69 Å². The molecule has 1 aliphatic heterocycles. The highest BCUT2D eigenvalue weighted by Crippen LogP contribution is 2.26. The maximum absolute atomic E-state index is 12.3. The zero-order chi connectivity index (χ0) is 16.9. The van der Waals surface area contributed by atoms with Crippen molar-refractivity contribution in [3.05, 3.63) is 48.2 Å². The average molecular weight is 400 g/mol. The standard InChI is InChI=1S/C18H25N5O.2ClH/c1-2-10-23-17(8-9-20-23)21-18(24)13-22-11-15(16(19)12-22)14-6-4-3-5-7-14;;/h3-9,15-16H,2,10-13,19H2,1H3,(H,21,24);2*1H/t15-,16+;;/m0../s1. The number of hydrogen-bond donors (Lipinski definition) is 2. The molecular weight excluding hydrogens is 373 g/mol. The smallest absolute Gasteiger partial charge is 0.239 e. The van der Waals surface area contributed by atoms with Crippen LogP contribution in [-0.4, -0.2) is 46.3 Å².